The molecule has 0 radical (unpaired) electrons. The predicted octanol–water partition coefficient (Wildman–Crippen LogP) is 1.51. The highest BCUT2D eigenvalue weighted by Gasteiger charge is 2.13. The quantitative estimate of drug-likeness (QED) is 0.443. The highest BCUT2D eigenvalue weighted by Crippen LogP contribution is 2.33. The fourth-order valence-electron chi connectivity index (χ4n) is 2.67. The van der Waals surface area contributed by atoms with Crippen molar-refractivity contribution in [1.82, 2.24) is 9.55 Å². The minimum atomic E-state index is -4.26. The summed E-state index contributed by atoms with van der Waals surface area (Å²) in [5.74, 6) is 0. The molecule has 9 heteroatoms. The molecule has 26 heavy (non-hydrogen) atoms. The molecule has 3 aromatic rings. The van der Waals surface area contributed by atoms with Gasteiger partial charge in [-0.15, -0.1) is 0 Å². The van der Waals surface area contributed by atoms with Gasteiger partial charge in [0.25, 0.3) is 5.56 Å². The number of fused-ring (bicyclic) bond motifs is 1. The molecule has 136 valence electrons. The Hall–Kier alpha value is -2.51. The van der Waals surface area contributed by atoms with E-state index < -0.39 is 25.2 Å². The molecule has 8 nitrogen and oxygen atoms in total. The molecule has 0 spiro atoms. The fourth-order valence-corrected chi connectivity index (χ4v) is 3.04. The van der Waals surface area contributed by atoms with E-state index in [1.54, 1.807) is 6.07 Å². The van der Waals surface area contributed by atoms with Crippen LogP contribution in [0, 0.1) is 0 Å². The average Bonchev–Trinajstić information content (AvgIpc) is 2.59. The van der Waals surface area contributed by atoms with Gasteiger partial charge in [0.05, 0.1) is 18.7 Å². The lowest BCUT2D eigenvalue weighted by Gasteiger charge is -2.10. The number of rotatable bonds is 6. The molecule has 3 N–H and O–H groups in total. The van der Waals surface area contributed by atoms with E-state index in [2.05, 4.69) is 4.98 Å². The van der Waals surface area contributed by atoms with Crippen LogP contribution in [0.5, 0.6) is 0 Å². The van der Waals surface area contributed by atoms with Crippen molar-refractivity contribution < 1.29 is 19.1 Å². The van der Waals surface area contributed by atoms with Crippen molar-refractivity contribution in [3.8, 4) is 11.1 Å². The first-order valence-electron chi connectivity index (χ1n) is 7.79. The molecular formula is C17H17N2O6P. The zero-order valence-corrected chi connectivity index (χ0v) is 14.6. The molecule has 2 aromatic carbocycles. The maximum absolute atomic E-state index is 12.3. The summed E-state index contributed by atoms with van der Waals surface area (Å²) in [5, 5.41) is 1.84. The highest BCUT2D eigenvalue weighted by molar-refractivity contribution is 7.51. The number of hydrogen-bond donors (Lipinski definition) is 3. The van der Waals surface area contributed by atoms with Gasteiger partial charge in [0, 0.05) is 6.20 Å². The first-order chi connectivity index (χ1) is 12.3. The lowest BCUT2D eigenvalue weighted by molar-refractivity contribution is 0.147. The molecule has 0 aliphatic rings. The standard InChI is InChI=1S/C17H17N2O6P/c20-16-15(14-7-3-5-12-4-1-2-6-13(12)14)10-19(17(21)18-16)8-9-25-11-26(22,23)24/h1-7,10H,8-9,11H2,(H,18,20,21)(H2,22,23,24). The largest absolute Gasteiger partial charge is 0.367 e. The van der Waals surface area contributed by atoms with Gasteiger partial charge in [-0.1, -0.05) is 42.5 Å². The Morgan fingerprint density at radius 3 is 2.54 bits per heavy atom. The number of aromatic nitrogens is 2. The van der Waals surface area contributed by atoms with Crippen LogP contribution in [-0.4, -0.2) is 32.3 Å². The summed E-state index contributed by atoms with van der Waals surface area (Å²) in [5.41, 5.74) is -0.0943. The number of hydrogen-bond acceptors (Lipinski definition) is 4. The van der Waals surface area contributed by atoms with Gasteiger partial charge in [-0.25, -0.2) is 4.79 Å². The highest BCUT2D eigenvalue weighted by atomic mass is 31.2. The van der Waals surface area contributed by atoms with Gasteiger partial charge in [-0.05, 0) is 16.3 Å². The second-order valence-electron chi connectivity index (χ2n) is 5.72. The summed E-state index contributed by atoms with van der Waals surface area (Å²) in [4.78, 5) is 44.1. The van der Waals surface area contributed by atoms with E-state index in [9.17, 15) is 14.2 Å². The molecule has 0 unspecified atom stereocenters. The zero-order valence-electron chi connectivity index (χ0n) is 13.7. The molecule has 0 saturated heterocycles. The van der Waals surface area contributed by atoms with Crippen LogP contribution < -0.4 is 11.2 Å². The van der Waals surface area contributed by atoms with Crippen LogP contribution in [0.15, 0.2) is 58.3 Å². The number of nitrogens with zero attached hydrogens (tertiary/aromatic N) is 1. The summed E-state index contributed by atoms with van der Waals surface area (Å²) in [6.45, 7) is -0.0284. The Morgan fingerprint density at radius 1 is 1.04 bits per heavy atom. The Bertz CT molecular complexity index is 1090. The van der Waals surface area contributed by atoms with Gasteiger partial charge in [-0.3, -0.25) is 18.9 Å². The van der Waals surface area contributed by atoms with Gasteiger partial charge in [-0.2, -0.15) is 0 Å². The van der Waals surface area contributed by atoms with Crippen LogP contribution in [0.25, 0.3) is 21.9 Å². The van der Waals surface area contributed by atoms with E-state index in [4.69, 9.17) is 14.5 Å². The third kappa shape index (κ3) is 4.17. The molecule has 0 bridgehead atoms. The van der Waals surface area contributed by atoms with Crippen molar-refractivity contribution in [2.24, 2.45) is 0 Å². The molecule has 0 aliphatic heterocycles. The third-order valence-corrected chi connectivity index (χ3v) is 4.35. The van der Waals surface area contributed by atoms with Crippen LogP contribution in [-0.2, 0) is 15.8 Å². The summed E-state index contributed by atoms with van der Waals surface area (Å²) in [6.07, 6.45) is 0.713. The SMILES string of the molecule is O=c1[nH]c(=O)n(CCOCP(=O)(O)O)cc1-c1cccc2ccccc12. The molecule has 0 fully saturated rings. The maximum Gasteiger partial charge on any atom is 0.350 e. The zero-order chi connectivity index (χ0) is 18.7. The Labute approximate surface area is 147 Å². The second kappa shape index (κ2) is 7.39. The number of nitrogens with one attached hydrogen (secondary N) is 1. The Balaban J connectivity index is 1.94. The average molecular weight is 376 g/mol. The van der Waals surface area contributed by atoms with Crippen molar-refractivity contribution in [3.05, 3.63) is 69.5 Å². The maximum atomic E-state index is 12.3. The smallest absolute Gasteiger partial charge is 0.350 e. The Morgan fingerprint density at radius 2 is 1.77 bits per heavy atom. The third-order valence-electron chi connectivity index (χ3n) is 3.83. The van der Waals surface area contributed by atoms with Crippen molar-refractivity contribution in [1.29, 1.82) is 0 Å². The molecule has 1 aromatic heterocycles. The molecule has 0 aliphatic carbocycles. The molecule has 0 atom stereocenters. The van der Waals surface area contributed by atoms with E-state index in [-0.39, 0.29) is 13.2 Å². The normalized spacial score (nSPS) is 11.8. The van der Waals surface area contributed by atoms with Crippen LogP contribution in [0.3, 0.4) is 0 Å². The first-order valence-corrected chi connectivity index (χ1v) is 9.59. The van der Waals surface area contributed by atoms with Gasteiger partial charge >= 0.3 is 13.3 Å². The van der Waals surface area contributed by atoms with E-state index in [1.807, 2.05) is 36.4 Å². The van der Waals surface area contributed by atoms with E-state index in [1.165, 1.54) is 10.8 Å². The molecule has 3 rings (SSSR count). The van der Waals surface area contributed by atoms with Crippen LogP contribution in [0.4, 0.5) is 0 Å². The van der Waals surface area contributed by atoms with Crippen molar-refractivity contribution >= 4 is 18.4 Å². The monoisotopic (exact) mass is 376 g/mol. The fraction of sp³-hybridized carbons (Fsp3) is 0.176. The van der Waals surface area contributed by atoms with Gasteiger partial charge in [0.15, 0.2) is 0 Å². The van der Waals surface area contributed by atoms with Gasteiger partial charge in [0.2, 0.25) is 0 Å². The lowest BCUT2D eigenvalue weighted by Crippen LogP contribution is -2.31. The minimum Gasteiger partial charge on any atom is -0.367 e. The van der Waals surface area contributed by atoms with E-state index >= 15 is 0 Å². The second-order valence-corrected chi connectivity index (χ2v) is 7.31. The summed E-state index contributed by atoms with van der Waals surface area (Å²) >= 11 is 0. The van der Waals surface area contributed by atoms with E-state index in [0.29, 0.717) is 11.1 Å². The van der Waals surface area contributed by atoms with Crippen molar-refractivity contribution in [2.75, 3.05) is 13.0 Å². The molecule has 0 amide bonds. The first kappa shape index (κ1) is 18.3. The van der Waals surface area contributed by atoms with Crippen LogP contribution >= 0.6 is 7.60 Å². The summed E-state index contributed by atoms with van der Waals surface area (Å²) in [6, 6.07) is 13.1. The summed E-state index contributed by atoms with van der Waals surface area (Å²) in [7, 11) is -4.26. The number of aromatic amines is 1. The van der Waals surface area contributed by atoms with Gasteiger partial charge < -0.3 is 14.5 Å². The topological polar surface area (TPSA) is 122 Å². The van der Waals surface area contributed by atoms with Crippen LogP contribution in [0.2, 0.25) is 0 Å². The number of ether oxygens (including phenoxy) is 1. The molecule has 0 saturated carbocycles. The van der Waals surface area contributed by atoms with Crippen molar-refractivity contribution in [2.45, 2.75) is 6.54 Å². The summed E-state index contributed by atoms with van der Waals surface area (Å²) < 4.78 is 16.9. The Kier molecular flexibility index (Phi) is 5.20. The number of benzene rings is 2. The van der Waals surface area contributed by atoms with Crippen LogP contribution in [0.1, 0.15) is 0 Å². The minimum absolute atomic E-state index is 0.0490. The number of H-pyrrole nitrogens is 1. The van der Waals surface area contributed by atoms with Gasteiger partial charge in [0.1, 0.15) is 6.35 Å². The predicted molar refractivity (Wildman–Crippen MR) is 97.1 cm³/mol. The van der Waals surface area contributed by atoms with E-state index in [0.717, 1.165) is 10.8 Å². The lowest BCUT2D eigenvalue weighted by atomic mass is 10.0. The molecule has 1 heterocycles. The van der Waals surface area contributed by atoms with Crippen molar-refractivity contribution in [3.63, 3.8) is 0 Å². The molecular weight excluding hydrogens is 359 g/mol.